The summed E-state index contributed by atoms with van der Waals surface area (Å²) < 4.78 is 0. The molecule has 0 aromatic rings. The molecule has 0 heteroatoms. The summed E-state index contributed by atoms with van der Waals surface area (Å²) in [4.78, 5) is 0. The topological polar surface area (TPSA) is 0 Å². The highest BCUT2D eigenvalue weighted by molar-refractivity contribution is 4.81. The Morgan fingerprint density at radius 1 is 1.00 bits per heavy atom. The fourth-order valence-corrected chi connectivity index (χ4v) is 2.95. The van der Waals surface area contributed by atoms with Gasteiger partial charge in [0, 0.05) is 0 Å². The van der Waals surface area contributed by atoms with Crippen LogP contribution >= 0.6 is 0 Å². The maximum atomic E-state index is 2.45. The van der Waals surface area contributed by atoms with Gasteiger partial charge in [0.15, 0.2) is 0 Å². The van der Waals surface area contributed by atoms with Gasteiger partial charge >= 0.3 is 0 Å². The van der Waals surface area contributed by atoms with E-state index in [1.165, 1.54) is 38.5 Å². The summed E-state index contributed by atoms with van der Waals surface area (Å²) in [7, 11) is 0. The Bertz CT molecular complexity index is 115. The largest absolute Gasteiger partial charge is 0.0654 e. The Hall–Kier alpha value is 0. The van der Waals surface area contributed by atoms with Crippen LogP contribution in [0.1, 0.15) is 59.3 Å². The number of hydrogen-bond acceptors (Lipinski definition) is 0. The van der Waals surface area contributed by atoms with Crippen molar-refractivity contribution in [2.45, 2.75) is 59.3 Å². The fraction of sp³-hybridized carbons (Fsp3) is 1.00. The minimum Gasteiger partial charge on any atom is -0.0654 e. The molecule has 0 aliphatic heterocycles. The maximum Gasteiger partial charge on any atom is -0.0360 e. The fourth-order valence-electron chi connectivity index (χ4n) is 2.95. The quantitative estimate of drug-likeness (QED) is 0.588. The first kappa shape index (κ1) is 10.1. The van der Waals surface area contributed by atoms with E-state index in [1.54, 1.807) is 0 Å². The zero-order valence-corrected chi connectivity index (χ0v) is 8.97. The molecule has 0 bridgehead atoms. The molecule has 1 saturated carbocycles. The van der Waals surface area contributed by atoms with Crippen molar-refractivity contribution in [1.82, 2.24) is 0 Å². The molecule has 0 N–H and O–H groups in total. The van der Waals surface area contributed by atoms with E-state index >= 15 is 0 Å². The molecule has 0 amide bonds. The van der Waals surface area contributed by atoms with E-state index in [4.69, 9.17) is 0 Å². The SMILES string of the molecule is CCCC1CC[C@@H](C)C1CCC. The molecule has 1 aliphatic rings. The van der Waals surface area contributed by atoms with Crippen LogP contribution in [-0.2, 0) is 0 Å². The lowest BCUT2D eigenvalue weighted by atomic mass is 9.84. The molecule has 0 radical (unpaired) electrons. The van der Waals surface area contributed by atoms with Gasteiger partial charge in [0.05, 0.1) is 0 Å². The lowest BCUT2D eigenvalue weighted by molar-refractivity contribution is 0.288. The molecule has 72 valence electrons. The molecule has 1 fully saturated rings. The first-order valence-electron chi connectivity index (χ1n) is 5.79. The van der Waals surface area contributed by atoms with Crippen LogP contribution in [0.2, 0.25) is 0 Å². The molecular formula is C12H24. The van der Waals surface area contributed by atoms with E-state index in [1.807, 2.05) is 0 Å². The van der Waals surface area contributed by atoms with E-state index in [0.717, 1.165) is 17.8 Å². The van der Waals surface area contributed by atoms with Crippen molar-refractivity contribution in [2.24, 2.45) is 17.8 Å². The van der Waals surface area contributed by atoms with Crippen LogP contribution in [-0.4, -0.2) is 0 Å². The van der Waals surface area contributed by atoms with Crippen LogP contribution in [0.5, 0.6) is 0 Å². The van der Waals surface area contributed by atoms with Gasteiger partial charge in [-0.15, -0.1) is 0 Å². The molecule has 12 heavy (non-hydrogen) atoms. The molecule has 1 rings (SSSR count). The molecular weight excluding hydrogens is 144 g/mol. The monoisotopic (exact) mass is 168 g/mol. The standard InChI is InChI=1S/C12H24/c1-4-6-11-9-8-10(3)12(11)7-5-2/h10-12H,4-9H2,1-3H3/t10-,11?,12?/m1/s1. The van der Waals surface area contributed by atoms with Crippen molar-refractivity contribution in [1.29, 1.82) is 0 Å². The summed E-state index contributed by atoms with van der Waals surface area (Å²) in [5.41, 5.74) is 0. The average Bonchev–Trinajstić information content (AvgIpc) is 2.37. The lowest BCUT2D eigenvalue weighted by Crippen LogP contribution is -2.12. The lowest BCUT2D eigenvalue weighted by Gasteiger charge is -2.21. The van der Waals surface area contributed by atoms with Gasteiger partial charge < -0.3 is 0 Å². The second kappa shape index (κ2) is 4.89. The van der Waals surface area contributed by atoms with Crippen molar-refractivity contribution in [3.63, 3.8) is 0 Å². The van der Waals surface area contributed by atoms with E-state index in [0.29, 0.717) is 0 Å². The highest BCUT2D eigenvalue weighted by atomic mass is 14.4. The zero-order chi connectivity index (χ0) is 8.97. The van der Waals surface area contributed by atoms with Gasteiger partial charge in [-0.2, -0.15) is 0 Å². The maximum absolute atomic E-state index is 2.45. The second-order valence-corrected chi connectivity index (χ2v) is 4.56. The molecule has 3 atom stereocenters. The Morgan fingerprint density at radius 3 is 2.25 bits per heavy atom. The Morgan fingerprint density at radius 2 is 1.67 bits per heavy atom. The van der Waals surface area contributed by atoms with E-state index in [9.17, 15) is 0 Å². The van der Waals surface area contributed by atoms with Crippen molar-refractivity contribution in [2.75, 3.05) is 0 Å². The van der Waals surface area contributed by atoms with Crippen molar-refractivity contribution in [3.05, 3.63) is 0 Å². The van der Waals surface area contributed by atoms with Crippen molar-refractivity contribution >= 4 is 0 Å². The van der Waals surface area contributed by atoms with Gasteiger partial charge in [-0.3, -0.25) is 0 Å². The molecule has 0 heterocycles. The van der Waals surface area contributed by atoms with Crippen molar-refractivity contribution < 1.29 is 0 Å². The van der Waals surface area contributed by atoms with Gasteiger partial charge in [0.2, 0.25) is 0 Å². The van der Waals surface area contributed by atoms with Crippen LogP contribution in [0.25, 0.3) is 0 Å². The molecule has 1 aliphatic carbocycles. The normalized spacial score (nSPS) is 35.8. The summed E-state index contributed by atoms with van der Waals surface area (Å²) >= 11 is 0. The Labute approximate surface area is 77.7 Å². The van der Waals surface area contributed by atoms with E-state index < -0.39 is 0 Å². The van der Waals surface area contributed by atoms with Gasteiger partial charge in [-0.05, 0) is 24.2 Å². The average molecular weight is 168 g/mol. The molecule has 0 saturated heterocycles. The van der Waals surface area contributed by atoms with Crippen LogP contribution in [0, 0.1) is 17.8 Å². The number of hydrogen-bond donors (Lipinski definition) is 0. The Balaban J connectivity index is 2.39. The van der Waals surface area contributed by atoms with Gasteiger partial charge in [0.1, 0.15) is 0 Å². The summed E-state index contributed by atoms with van der Waals surface area (Å²) in [6, 6.07) is 0. The minimum absolute atomic E-state index is 1.02. The Kier molecular flexibility index (Phi) is 4.11. The highest BCUT2D eigenvalue weighted by Crippen LogP contribution is 2.41. The van der Waals surface area contributed by atoms with E-state index in [2.05, 4.69) is 20.8 Å². The predicted molar refractivity (Wildman–Crippen MR) is 55.2 cm³/mol. The summed E-state index contributed by atoms with van der Waals surface area (Å²) in [6.45, 7) is 7.11. The predicted octanol–water partition coefficient (Wildman–Crippen LogP) is 4.25. The minimum atomic E-state index is 1.02. The first-order chi connectivity index (χ1) is 5.79. The van der Waals surface area contributed by atoms with Crippen LogP contribution in [0.4, 0.5) is 0 Å². The van der Waals surface area contributed by atoms with Gasteiger partial charge in [-0.25, -0.2) is 0 Å². The van der Waals surface area contributed by atoms with Crippen LogP contribution < -0.4 is 0 Å². The van der Waals surface area contributed by atoms with Gasteiger partial charge in [0.25, 0.3) is 0 Å². The number of rotatable bonds is 4. The summed E-state index contributed by atoms with van der Waals surface area (Å²) in [5.74, 6) is 3.15. The third-order valence-corrected chi connectivity index (χ3v) is 3.61. The molecule has 0 aromatic heterocycles. The smallest absolute Gasteiger partial charge is 0.0360 e. The van der Waals surface area contributed by atoms with E-state index in [-0.39, 0.29) is 0 Å². The van der Waals surface area contributed by atoms with Crippen molar-refractivity contribution in [3.8, 4) is 0 Å². The molecule has 2 unspecified atom stereocenters. The zero-order valence-electron chi connectivity index (χ0n) is 8.97. The first-order valence-corrected chi connectivity index (χ1v) is 5.79. The molecule has 0 aromatic carbocycles. The summed E-state index contributed by atoms with van der Waals surface area (Å²) in [6.07, 6.45) is 8.74. The molecule has 0 nitrogen and oxygen atoms in total. The summed E-state index contributed by atoms with van der Waals surface area (Å²) in [5, 5.41) is 0. The van der Waals surface area contributed by atoms with Crippen LogP contribution in [0.15, 0.2) is 0 Å². The highest BCUT2D eigenvalue weighted by Gasteiger charge is 2.31. The third kappa shape index (κ3) is 2.24. The molecule has 0 spiro atoms. The van der Waals surface area contributed by atoms with Gasteiger partial charge in [-0.1, -0.05) is 52.9 Å². The second-order valence-electron chi connectivity index (χ2n) is 4.56. The third-order valence-electron chi connectivity index (χ3n) is 3.61. The van der Waals surface area contributed by atoms with Crippen LogP contribution in [0.3, 0.4) is 0 Å².